The molecule has 0 aromatic heterocycles. The van der Waals surface area contributed by atoms with E-state index in [0.717, 1.165) is 0 Å². The number of fused-ring (bicyclic) bond motifs is 1. The molecule has 1 aromatic carbocycles. The fourth-order valence-corrected chi connectivity index (χ4v) is 1.56. The topological polar surface area (TPSA) is 23.5 Å². The van der Waals surface area contributed by atoms with Gasteiger partial charge in [-0.05, 0) is 13.1 Å². The molecule has 0 spiro atoms. The zero-order chi connectivity index (χ0) is 8.72. The quantitative estimate of drug-likeness (QED) is 0.628. The predicted molar refractivity (Wildman–Crippen MR) is 42.8 cm³/mol. The number of rotatable bonds is 0. The molecule has 1 unspecified atom stereocenters. The molecule has 1 aliphatic heterocycles. The second-order valence-corrected chi connectivity index (χ2v) is 3.10. The summed E-state index contributed by atoms with van der Waals surface area (Å²) in [7, 11) is 1.77. The lowest BCUT2D eigenvalue weighted by Gasteiger charge is -2.12. The van der Waals surface area contributed by atoms with Gasteiger partial charge in [0.05, 0.1) is 0 Å². The van der Waals surface area contributed by atoms with Gasteiger partial charge in [0.1, 0.15) is 12.0 Å². The first-order valence-corrected chi connectivity index (χ1v) is 3.86. The normalized spacial score (nSPS) is 22.8. The van der Waals surface area contributed by atoms with Crippen molar-refractivity contribution in [2.75, 3.05) is 7.05 Å². The Morgan fingerprint density at radius 3 is 3.00 bits per heavy atom. The third-order valence-electron chi connectivity index (χ3n) is 2.26. The fourth-order valence-electron chi connectivity index (χ4n) is 1.56. The van der Waals surface area contributed by atoms with Gasteiger partial charge >= 0.3 is 0 Å². The molecule has 1 aliphatic rings. The summed E-state index contributed by atoms with van der Waals surface area (Å²) in [6.07, 6.45) is -0.643. The molecule has 1 atom stereocenters. The van der Waals surface area contributed by atoms with Gasteiger partial charge < -0.3 is 5.11 Å². The lowest BCUT2D eigenvalue weighted by atomic mass is 10.1. The van der Waals surface area contributed by atoms with Gasteiger partial charge in [-0.1, -0.05) is 12.1 Å². The SMILES string of the molecule is CN1Cc2c(F)cccc2C1O. The first-order chi connectivity index (χ1) is 5.70. The molecule has 3 heteroatoms. The van der Waals surface area contributed by atoms with Crippen molar-refractivity contribution in [1.82, 2.24) is 4.90 Å². The standard InChI is InChI=1S/C9H10FNO/c1-11-5-7-6(9(11)12)3-2-4-8(7)10/h2-4,9,12H,5H2,1H3. The number of nitrogens with zero attached hydrogens (tertiary/aromatic N) is 1. The monoisotopic (exact) mass is 167 g/mol. The second kappa shape index (κ2) is 2.54. The van der Waals surface area contributed by atoms with Crippen LogP contribution in [-0.4, -0.2) is 17.1 Å². The van der Waals surface area contributed by atoms with Crippen molar-refractivity contribution in [1.29, 1.82) is 0 Å². The molecule has 64 valence electrons. The van der Waals surface area contributed by atoms with E-state index in [2.05, 4.69) is 0 Å². The molecule has 0 amide bonds. The highest BCUT2D eigenvalue weighted by Gasteiger charge is 2.27. The molecular formula is C9H10FNO. The van der Waals surface area contributed by atoms with Crippen LogP contribution in [0.3, 0.4) is 0 Å². The molecule has 1 heterocycles. The van der Waals surface area contributed by atoms with Crippen LogP contribution in [0.2, 0.25) is 0 Å². The highest BCUT2D eigenvalue weighted by Crippen LogP contribution is 2.31. The zero-order valence-electron chi connectivity index (χ0n) is 6.79. The van der Waals surface area contributed by atoms with Gasteiger partial charge in [-0.3, -0.25) is 4.90 Å². The number of aliphatic hydroxyl groups excluding tert-OH is 1. The van der Waals surface area contributed by atoms with Crippen molar-refractivity contribution in [3.63, 3.8) is 0 Å². The van der Waals surface area contributed by atoms with Gasteiger partial charge in [-0.2, -0.15) is 0 Å². The molecule has 0 aliphatic carbocycles. The number of aliphatic hydroxyl groups is 1. The van der Waals surface area contributed by atoms with Crippen molar-refractivity contribution in [3.05, 3.63) is 35.1 Å². The Kier molecular flexibility index (Phi) is 1.63. The van der Waals surface area contributed by atoms with Crippen molar-refractivity contribution >= 4 is 0 Å². The van der Waals surface area contributed by atoms with Crippen LogP contribution >= 0.6 is 0 Å². The third kappa shape index (κ3) is 0.940. The summed E-state index contributed by atoms with van der Waals surface area (Å²) in [4.78, 5) is 1.70. The minimum atomic E-state index is -0.643. The Hall–Kier alpha value is -0.930. The van der Waals surface area contributed by atoms with E-state index < -0.39 is 6.23 Å². The van der Waals surface area contributed by atoms with E-state index in [0.29, 0.717) is 17.7 Å². The summed E-state index contributed by atoms with van der Waals surface area (Å²) in [5.74, 6) is -0.226. The van der Waals surface area contributed by atoms with Gasteiger partial charge in [-0.15, -0.1) is 0 Å². The molecule has 1 N–H and O–H groups in total. The zero-order valence-corrected chi connectivity index (χ0v) is 6.79. The fraction of sp³-hybridized carbons (Fsp3) is 0.333. The molecule has 1 aromatic rings. The van der Waals surface area contributed by atoms with E-state index in [-0.39, 0.29) is 5.82 Å². The van der Waals surface area contributed by atoms with Crippen LogP contribution in [0.1, 0.15) is 17.4 Å². The van der Waals surface area contributed by atoms with Crippen LogP contribution in [0.15, 0.2) is 18.2 Å². The molecule has 0 radical (unpaired) electrons. The second-order valence-electron chi connectivity index (χ2n) is 3.10. The van der Waals surface area contributed by atoms with E-state index >= 15 is 0 Å². The summed E-state index contributed by atoms with van der Waals surface area (Å²) in [5.41, 5.74) is 1.31. The van der Waals surface area contributed by atoms with Crippen LogP contribution in [0.5, 0.6) is 0 Å². The number of benzene rings is 1. The Balaban J connectivity index is 2.53. The summed E-state index contributed by atoms with van der Waals surface area (Å²) in [6, 6.07) is 4.80. The Morgan fingerprint density at radius 1 is 1.58 bits per heavy atom. The predicted octanol–water partition coefficient (Wildman–Crippen LogP) is 1.26. The van der Waals surface area contributed by atoms with Crippen molar-refractivity contribution in [2.45, 2.75) is 12.8 Å². The van der Waals surface area contributed by atoms with E-state index in [1.165, 1.54) is 6.07 Å². The maximum Gasteiger partial charge on any atom is 0.134 e. The molecule has 2 nitrogen and oxygen atoms in total. The van der Waals surface area contributed by atoms with Gasteiger partial charge in [0, 0.05) is 17.7 Å². The summed E-state index contributed by atoms with van der Waals surface area (Å²) >= 11 is 0. The maximum absolute atomic E-state index is 13.1. The molecule has 12 heavy (non-hydrogen) atoms. The Labute approximate surface area is 70.2 Å². The lowest BCUT2D eigenvalue weighted by molar-refractivity contribution is 0.0337. The van der Waals surface area contributed by atoms with Crippen molar-refractivity contribution < 1.29 is 9.50 Å². The molecule has 0 bridgehead atoms. The number of hydrogen-bond donors (Lipinski definition) is 1. The minimum Gasteiger partial charge on any atom is -0.374 e. The third-order valence-corrected chi connectivity index (χ3v) is 2.26. The molecule has 2 rings (SSSR count). The lowest BCUT2D eigenvalue weighted by Crippen LogP contribution is -2.15. The first-order valence-electron chi connectivity index (χ1n) is 3.86. The van der Waals surface area contributed by atoms with Gasteiger partial charge in [-0.25, -0.2) is 4.39 Å². The highest BCUT2D eigenvalue weighted by atomic mass is 19.1. The van der Waals surface area contributed by atoms with Crippen LogP contribution < -0.4 is 0 Å². The molecule has 0 saturated carbocycles. The summed E-state index contributed by atoms with van der Waals surface area (Å²) < 4.78 is 13.1. The van der Waals surface area contributed by atoms with E-state index in [1.807, 2.05) is 0 Å². The van der Waals surface area contributed by atoms with E-state index in [9.17, 15) is 9.50 Å². The minimum absolute atomic E-state index is 0.226. The average Bonchev–Trinajstić information content (AvgIpc) is 2.32. The average molecular weight is 167 g/mol. The number of halogens is 1. The molecule has 0 saturated heterocycles. The number of hydrogen-bond acceptors (Lipinski definition) is 2. The summed E-state index contributed by atoms with van der Waals surface area (Å²) in [5, 5.41) is 9.53. The Morgan fingerprint density at radius 2 is 2.33 bits per heavy atom. The first kappa shape index (κ1) is 7.71. The van der Waals surface area contributed by atoms with Crippen LogP contribution in [0.4, 0.5) is 4.39 Å². The smallest absolute Gasteiger partial charge is 0.134 e. The van der Waals surface area contributed by atoms with Crippen LogP contribution in [-0.2, 0) is 6.54 Å². The van der Waals surface area contributed by atoms with Gasteiger partial charge in [0.25, 0.3) is 0 Å². The summed E-state index contributed by atoms with van der Waals surface area (Å²) in [6.45, 7) is 0.489. The highest BCUT2D eigenvalue weighted by molar-refractivity contribution is 5.33. The maximum atomic E-state index is 13.1. The van der Waals surface area contributed by atoms with Gasteiger partial charge in [0.2, 0.25) is 0 Å². The Bertz CT molecular complexity index is 313. The van der Waals surface area contributed by atoms with Crippen molar-refractivity contribution in [3.8, 4) is 0 Å². The molecule has 0 fully saturated rings. The largest absolute Gasteiger partial charge is 0.374 e. The van der Waals surface area contributed by atoms with Crippen LogP contribution in [0, 0.1) is 5.82 Å². The van der Waals surface area contributed by atoms with E-state index in [4.69, 9.17) is 0 Å². The molecular weight excluding hydrogens is 157 g/mol. The van der Waals surface area contributed by atoms with Gasteiger partial charge in [0.15, 0.2) is 0 Å². The van der Waals surface area contributed by atoms with Crippen LogP contribution in [0.25, 0.3) is 0 Å². The van der Waals surface area contributed by atoms with E-state index in [1.54, 1.807) is 24.1 Å². The van der Waals surface area contributed by atoms with Crippen molar-refractivity contribution in [2.24, 2.45) is 0 Å².